The second-order valence-corrected chi connectivity index (χ2v) is 11.3. The van der Waals surface area contributed by atoms with Crippen LogP contribution in [0.5, 0.6) is 5.75 Å². The summed E-state index contributed by atoms with van der Waals surface area (Å²) in [5, 5.41) is 2.75. The molecule has 0 saturated heterocycles. The maximum atomic E-state index is 13.6. The summed E-state index contributed by atoms with van der Waals surface area (Å²) in [6.07, 6.45) is -0.683. The Labute approximate surface area is 254 Å². The molecule has 10 nitrogen and oxygen atoms in total. The average molecular weight is 640 g/mol. The fourth-order valence-corrected chi connectivity index (χ4v) is 4.15. The van der Waals surface area contributed by atoms with Crippen molar-refractivity contribution in [1.82, 2.24) is 4.90 Å². The number of benzene rings is 3. The first kappa shape index (κ1) is 32.1. The van der Waals surface area contributed by atoms with Crippen molar-refractivity contribution in [3.8, 4) is 5.75 Å². The molecule has 0 fully saturated rings. The number of carbonyl (C=O) groups is 4. The third-order valence-electron chi connectivity index (χ3n) is 5.81. The zero-order valence-electron chi connectivity index (χ0n) is 24.3. The van der Waals surface area contributed by atoms with Crippen molar-refractivity contribution in [2.45, 2.75) is 26.4 Å². The van der Waals surface area contributed by atoms with Gasteiger partial charge in [-0.1, -0.05) is 52.3 Å². The van der Waals surface area contributed by atoms with E-state index in [1.807, 2.05) is 12.1 Å². The van der Waals surface area contributed by atoms with E-state index in [0.717, 1.165) is 9.37 Å². The van der Waals surface area contributed by atoms with E-state index >= 15 is 0 Å². The van der Waals surface area contributed by atoms with Crippen LogP contribution in [0.15, 0.2) is 83.3 Å². The average Bonchev–Trinajstić information content (AvgIpc) is 2.94. The molecule has 0 atom stereocenters. The molecule has 3 aromatic carbocycles. The van der Waals surface area contributed by atoms with Gasteiger partial charge in [-0.2, -0.15) is 0 Å². The highest BCUT2D eigenvalue weighted by molar-refractivity contribution is 9.10. The molecule has 0 aliphatic heterocycles. The lowest BCUT2D eigenvalue weighted by Crippen LogP contribution is -2.47. The lowest BCUT2D eigenvalue weighted by atomic mass is 10.2. The monoisotopic (exact) mass is 638 g/mol. The molecule has 0 unspecified atom stereocenters. The number of halogens is 1. The minimum absolute atomic E-state index is 0.213. The number of nitrogens with one attached hydrogen (secondary N) is 1. The van der Waals surface area contributed by atoms with Gasteiger partial charge < -0.3 is 24.6 Å². The Hall–Kier alpha value is -4.38. The van der Waals surface area contributed by atoms with E-state index < -0.39 is 23.5 Å². The Morgan fingerprint density at radius 1 is 0.833 bits per heavy atom. The Bertz CT molecular complexity index is 1410. The quantitative estimate of drug-likeness (QED) is 0.322. The predicted octanol–water partition coefficient (Wildman–Crippen LogP) is 5.33. The van der Waals surface area contributed by atoms with Gasteiger partial charge in [0, 0.05) is 29.9 Å². The van der Waals surface area contributed by atoms with Crippen molar-refractivity contribution in [2.75, 3.05) is 48.9 Å². The normalized spacial score (nSPS) is 10.8. The lowest BCUT2D eigenvalue weighted by Gasteiger charge is -2.29. The summed E-state index contributed by atoms with van der Waals surface area (Å²) in [6.45, 7) is 4.12. The molecule has 0 aliphatic rings. The summed E-state index contributed by atoms with van der Waals surface area (Å²) in [4.78, 5) is 56.0. The molecule has 3 aromatic rings. The summed E-state index contributed by atoms with van der Waals surface area (Å²) in [6, 6.07) is 22.7. The lowest BCUT2D eigenvalue weighted by molar-refractivity contribution is -0.123. The van der Waals surface area contributed by atoms with Gasteiger partial charge in [0.25, 0.3) is 5.91 Å². The van der Waals surface area contributed by atoms with Crippen molar-refractivity contribution in [1.29, 1.82) is 0 Å². The highest BCUT2D eigenvalue weighted by Gasteiger charge is 2.28. The number of amides is 4. The van der Waals surface area contributed by atoms with Crippen molar-refractivity contribution < 1.29 is 28.7 Å². The number of para-hydroxylation sites is 3. The Morgan fingerprint density at radius 2 is 1.50 bits per heavy atom. The molecule has 0 heterocycles. The molecular formula is C31H35BrN4O6. The molecule has 0 radical (unpaired) electrons. The zero-order valence-corrected chi connectivity index (χ0v) is 25.9. The van der Waals surface area contributed by atoms with Crippen LogP contribution in [-0.2, 0) is 19.1 Å². The second-order valence-electron chi connectivity index (χ2n) is 10.4. The molecule has 0 spiro atoms. The van der Waals surface area contributed by atoms with E-state index in [4.69, 9.17) is 9.47 Å². The van der Waals surface area contributed by atoms with E-state index in [1.54, 1.807) is 94.5 Å². The Kier molecular flexibility index (Phi) is 11.1. The van der Waals surface area contributed by atoms with Crippen LogP contribution in [0.2, 0.25) is 0 Å². The topological polar surface area (TPSA) is 108 Å². The van der Waals surface area contributed by atoms with Crippen molar-refractivity contribution >= 4 is 56.8 Å². The van der Waals surface area contributed by atoms with Crippen LogP contribution in [0.4, 0.5) is 21.9 Å². The highest BCUT2D eigenvalue weighted by Crippen LogP contribution is 2.29. The summed E-state index contributed by atoms with van der Waals surface area (Å²) >= 11 is 3.37. The minimum Gasteiger partial charge on any atom is -0.482 e. The molecule has 0 bridgehead atoms. The van der Waals surface area contributed by atoms with Crippen LogP contribution in [0.1, 0.15) is 20.8 Å². The molecule has 11 heteroatoms. The van der Waals surface area contributed by atoms with E-state index in [2.05, 4.69) is 21.2 Å². The fraction of sp³-hybridized carbons (Fsp3) is 0.290. The van der Waals surface area contributed by atoms with Crippen LogP contribution in [0.3, 0.4) is 0 Å². The van der Waals surface area contributed by atoms with Crippen LogP contribution in [-0.4, -0.2) is 68.1 Å². The van der Waals surface area contributed by atoms with Crippen LogP contribution < -0.4 is 19.9 Å². The highest BCUT2D eigenvalue weighted by atomic mass is 79.9. The number of rotatable bonds is 10. The number of likely N-dealkylation sites (N-methyl/N-ethyl adjacent to an activating group) is 2. The van der Waals surface area contributed by atoms with Gasteiger partial charge in [-0.25, -0.2) is 4.79 Å². The molecule has 1 N–H and O–H groups in total. The number of anilines is 3. The first-order chi connectivity index (χ1) is 19.8. The van der Waals surface area contributed by atoms with E-state index in [1.165, 1.54) is 16.8 Å². The molecule has 0 saturated carbocycles. The fourth-order valence-electron chi connectivity index (χ4n) is 3.75. The molecule has 0 aliphatic carbocycles. The third kappa shape index (κ3) is 9.62. The van der Waals surface area contributed by atoms with Gasteiger partial charge in [0.05, 0.1) is 5.69 Å². The Morgan fingerprint density at radius 3 is 2.17 bits per heavy atom. The number of hydrogen-bond acceptors (Lipinski definition) is 6. The largest absolute Gasteiger partial charge is 0.482 e. The number of hydrogen-bond donors (Lipinski definition) is 1. The van der Waals surface area contributed by atoms with Gasteiger partial charge in [-0.15, -0.1) is 0 Å². The predicted molar refractivity (Wildman–Crippen MR) is 166 cm³/mol. The van der Waals surface area contributed by atoms with Gasteiger partial charge in [0.2, 0.25) is 11.8 Å². The number of ether oxygens (including phenoxy) is 2. The molecule has 3 rings (SSSR count). The third-order valence-corrected chi connectivity index (χ3v) is 6.31. The van der Waals surface area contributed by atoms with Crippen LogP contribution in [0, 0.1) is 0 Å². The zero-order chi connectivity index (χ0) is 30.9. The van der Waals surface area contributed by atoms with Crippen molar-refractivity contribution in [2.24, 2.45) is 0 Å². The van der Waals surface area contributed by atoms with Gasteiger partial charge >= 0.3 is 6.09 Å². The summed E-state index contributed by atoms with van der Waals surface area (Å²) in [5.41, 5.74) is 0.752. The van der Waals surface area contributed by atoms with Gasteiger partial charge in [0.1, 0.15) is 24.4 Å². The molecule has 4 amide bonds. The maximum Gasteiger partial charge on any atom is 0.410 e. The number of carbonyl (C=O) groups excluding carboxylic acids is 4. The van der Waals surface area contributed by atoms with Gasteiger partial charge in [-0.05, 0) is 63.2 Å². The van der Waals surface area contributed by atoms with E-state index in [0.29, 0.717) is 11.4 Å². The first-order valence-corrected chi connectivity index (χ1v) is 14.0. The van der Waals surface area contributed by atoms with Gasteiger partial charge in [0.15, 0.2) is 6.61 Å². The standard InChI is InChI=1S/C31H35BrN4O6/c1-31(2,3)42-30(40)34(4)19-29(39)36(20-28(38)35(5)24-14-7-6-8-15-24)25-16-9-10-17-26(25)41-21-27(37)33-23-13-11-12-22(32)18-23/h6-18H,19-21H2,1-5H3,(H,33,37). The molecule has 42 heavy (non-hydrogen) atoms. The molecule has 0 aromatic heterocycles. The molecule has 222 valence electrons. The SMILES string of the molecule is CN(CC(=O)N(CC(=O)N(C)c1ccccc1)c1ccccc1OCC(=O)Nc1cccc(Br)c1)C(=O)OC(C)(C)C. The van der Waals surface area contributed by atoms with Crippen LogP contribution >= 0.6 is 15.9 Å². The van der Waals surface area contributed by atoms with Crippen molar-refractivity contribution in [3.63, 3.8) is 0 Å². The first-order valence-electron chi connectivity index (χ1n) is 13.2. The summed E-state index contributed by atoms with van der Waals surface area (Å²) < 4.78 is 12.0. The maximum absolute atomic E-state index is 13.6. The molecular weight excluding hydrogens is 604 g/mol. The van der Waals surface area contributed by atoms with Gasteiger partial charge in [-0.3, -0.25) is 19.3 Å². The minimum atomic E-state index is -0.751. The van der Waals surface area contributed by atoms with Crippen LogP contribution in [0.25, 0.3) is 0 Å². The summed E-state index contributed by atoms with van der Waals surface area (Å²) in [7, 11) is 3.05. The van der Waals surface area contributed by atoms with E-state index in [9.17, 15) is 19.2 Å². The second kappa shape index (κ2) is 14.5. The smallest absolute Gasteiger partial charge is 0.410 e. The number of nitrogens with zero attached hydrogens (tertiary/aromatic N) is 3. The summed E-state index contributed by atoms with van der Waals surface area (Å²) in [5.74, 6) is -1.12. The van der Waals surface area contributed by atoms with Crippen molar-refractivity contribution in [3.05, 3.63) is 83.3 Å². The van der Waals surface area contributed by atoms with E-state index in [-0.39, 0.29) is 37.0 Å². The Balaban J connectivity index is 1.84.